The lowest BCUT2D eigenvalue weighted by Crippen LogP contribution is -2.06. The predicted molar refractivity (Wildman–Crippen MR) is 130 cm³/mol. The average Bonchev–Trinajstić information content (AvgIpc) is 2.52. The van der Waals surface area contributed by atoms with Crippen molar-refractivity contribution in [1.82, 2.24) is 0 Å². The van der Waals surface area contributed by atoms with Gasteiger partial charge in [0.1, 0.15) is 0 Å². The van der Waals surface area contributed by atoms with Gasteiger partial charge in [0, 0.05) is 0 Å². The van der Waals surface area contributed by atoms with Gasteiger partial charge in [0.2, 0.25) is 0 Å². The molecule has 1 heteroatoms. The maximum atomic E-state index is 2.42. The molecule has 0 aliphatic carbocycles. The van der Waals surface area contributed by atoms with Crippen molar-refractivity contribution in [3.63, 3.8) is 0 Å². The summed E-state index contributed by atoms with van der Waals surface area (Å²) in [5, 5.41) is 0. The lowest BCUT2D eigenvalue weighted by Gasteiger charge is -2.25. The molecule has 0 saturated carbocycles. The predicted octanol–water partition coefficient (Wildman–Crippen LogP) is 9.69. The molecular weight excluding hydrogens is 331 g/mol. The van der Waals surface area contributed by atoms with Gasteiger partial charge >= 0.3 is 0 Å². The van der Waals surface area contributed by atoms with Crippen LogP contribution in [-0.2, 0) is 0 Å². The molecule has 0 rings (SSSR count). The van der Waals surface area contributed by atoms with Gasteiger partial charge in [0.25, 0.3) is 0 Å². The maximum Gasteiger partial charge on any atom is -0.0264 e. The highest BCUT2D eigenvalue weighted by molar-refractivity contribution is 7.59. The van der Waals surface area contributed by atoms with Crippen LogP contribution < -0.4 is 0 Å². The van der Waals surface area contributed by atoms with Gasteiger partial charge in [0.15, 0.2) is 0 Å². The van der Waals surface area contributed by atoms with Crippen LogP contribution in [0.4, 0.5) is 0 Å². The van der Waals surface area contributed by atoms with E-state index in [-0.39, 0.29) is 7.92 Å². The molecule has 0 N–H and O–H groups in total. The first-order chi connectivity index (χ1) is 12.0. The molecule has 0 radical (unpaired) electrons. The van der Waals surface area contributed by atoms with Crippen molar-refractivity contribution in [1.29, 1.82) is 0 Å². The Morgan fingerprint density at radius 1 is 0.846 bits per heavy atom. The van der Waals surface area contributed by atoms with E-state index in [2.05, 4.69) is 101 Å². The Hall–Kier alpha value is -0.0900. The van der Waals surface area contributed by atoms with Gasteiger partial charge in [-0.1, -0.05) is 106 Å². The molecular formula is C25H53P. The van der Waals surface area contributed by atoms with E-state index in [1.54, 1.807) is 0 Å². The molecule has 158 valence electrons. The van der Waals surface area contributed by atoms with E-state index in [0.29, 0.717) is 0 Å². The van der Waals surface area contributed by atoms with Crippen molar-refractivity contribution in [2.24, 2.45) is 11.8 Å². The molecule has 0 fully saturated rings. The summed E-state index contributed by atoms with van der Waals surface area (Å²) in [6.45, 7) is 27.0. The fourth-order valence-corrected chi connectivity index (χ4v) is 4.99. The van der Waals surface area contributed by atoms with Crippen LogP contribution >= 0.6 is 7.92 Å². The summed E-state index contributed by atoms with van der Waals surface area (Å²) in [6, 6.07) is 0. The van der Waals surface area contributed by atoms with E-state index in [1.165, 1.54) is 31.0 Å². The van der Waals surface area contributed by atoms with Crippen LogP contribution in [0.2, 0.25) is 0 Å². The van der Waals surface area contributed by atoms with Gasteiger partial charge in [-0.2, -0.15) is 0 Å². The minimum atomic E-state index is 0.231. The second-order valence-corrected chi connectivity index (χ2v) is 12.3. The fraction of sp³-hybridized carbons (Fsp3) is 0.840. The highest BCUT2D eigenvalue weighted by Crippen LogP contribution is 2.46. The minimum absolute atomic E-state index is 0.231. The third kappa shape index (κ3) is 26.1. The van der Waals surface area contributed by atoms with Gasteiger partial charge < -0.3 is 0 Å². The lowest BCUT2D eigenvalue weighted by atomic mass is 10.1. The van der Waals surface area contributed by atoms with E-state index in [1.807, 2.05) is 0 Å². The van der Waals surface area contributed by atoms with Crippen LogP contribution in [0.5, 0.6) is 0 Å². The molecule has 0 spiro atoms. The Bertz CT molecular complexity index is 310. The van der Waals surface area contributed by atoms with Crippen LogP contribution in [0.3, 0.4) is 0 Å². The van der Waals surface area contributed by atoms with Crippen LogP contribution in [-0.4, -0.2) is 17.5 Å². The summed E-state index contributed by atoms with van der Waals surface area (Å²) in [5.41, 5.74) is 3.26. The van der Waals surface area contributed by atoms with E-state index >= 15 is 0 Å². The van der Waals surface area contributed by atoms with Crippen LogP contribution in [0.15, 0.2) is 23.8 Å². The van der Waals surface area contributed by atoms with Crippen LogP contribution in [0.1, 0.15) is 109 Å². The zero-order valence-electron chi connectivity index (χ0n) is 20.5. The molecule has 0 amide bonds. The Kier molecular flexibility index (Phi) is 25.0. The Morgan fingerprint density at radius 2 is 1.27 bits per heavy atom. The number of allylic oxidation sites excluding steroid dienone is 4. The average molecular weight is 385 g/mol. The molecule has 0 aliphatic heterocycles. The summed E-state index contributed by atoms with van der Waals surface area (Å²) >= 11 is 0. The Labute approximate surface area is 170 Å². The van der Waals surface area contributed by atoms with Gasteiger partial charge in [0.05, 0.1) is 0 Å². The molecule has 0 aliphatic rings. The van der Waals surface area contributed by atoms with Gasteiger partial charge in [-0.25, -0.2) is 0 Å². The van der Waals surface area contributed by atoms with Crippen molar-refractivity contribution in [3.8, 4) is 0 Å². The van der Waals surface area contributed by atoms with Gasteiger partial charge in [-0.15, -0.1) is 7.92 Å². The molecule has 0 aromatic rings. The first kappa shape index (κ1) is 30.6. The zero-order valence-corrected chi connectivity index (χ0v) is 21.4. The summed E-state index contributed by atoms with van der Waals surface area (Å²) in [7, 11) is 0.231. The topological polar surface area (TPSA) is 0 Å². The van der Waals surface area contributed by atoms with Gasteiger partial charge in [-0.05, 0) is 55.5 Å². The normalized spacial score (nSPS) is 12.1. The highest BCUT2D eigenvalue weighted by Gasteiger charge is 2.15. The van der Waals surface area contributed by atoms with E-state index in [9.17, 15) is 0 Å². The number of unbranched alkanes of at least 4 members (excludes halogenated alkanes) is 1. The van der Waals surface area contributed by atoms with Crippen molar-refractivity contribution < 1.29 is 0 Å². The van der Waals surface area contributed by atoms with Crippen molar-refractivity contribution in [3.05, 3.63) is 23.8 Å². The third-order valence-electron chi connectivity index (χ3n) is 3.96. The lowest BCUT2D eigenvalue weighted by molar-refractivity contribution is 0.626. The molecule has 0 aromatic carbocycles. The number of hydrogen-bond acceptors (Lipinski definition) is 0. The second kappa shape index (κ2) is 21.2. The van der Waals surface area contributed by atoms with Gasteiger partial charge in [-0.3, -0.25) is 0 Å². The molecule has 0 atom stereocenters. The highest BCUT2D eigenvalue weighted by atomic mass is 31.1. The van der Waals surface area contributed by atoms with E-state index < -0.39 is 0 Å². The van der Waals surface area contributed by atoms with Crippen LogP contribution in [0.25, 0.3) is 0 Å². The molecule has 0 nitrogen and oxygen atoms in total. The largest absolute Gasteiger partial charge is 0.101 e. The molecule has 0 bridgehead atoms. The SMILES string of the molecule is C/C=C\C(=C/CCCP(C(C)C)C(C)C)CC.CC(C)C.CCC(C)C. The molecule has 0 unspecified atom stereocenters. The second-order valence-electron chi connectivity index (χ2n) is 8.73. The molecule has 0 aromatic heterocycles. The first-order valence-electron chi connectivity index (χ1n) is 11.1. The maximum absolute atomic E-state index is 2.42. The van der Waals surface area contributed by atoms with Crippen molar-refractivity contribution in [2.75, 3.05) is 6.16 Å². The van der Waals surface area contributed by atoms with E-state index in [0.717, 1.165) is 29.6 Å². The molecule has 0 saturated heterocycles. The zero-order chi connectivity index (χ0) is 21.1. The summed E-state index contributed by atoms with van der Waals surface area (Å²) in [6.07, 6.45) is 13.3. The van der Waals surface area contributed by atoms with Crippen molar-refractivity contribution >= 4 is 7.92 Å². The monoisotopic (exact) mass is 384 g/mol. The molecule has 26 heavy (non-hydrogen) atoms. The summed E-state index contributed by atoms with van der Waals surface area (Å²) < 4.78 is 0. The van der Waals surface area contributed by atoms with Crippen LogP contribution in [0, 0.1) is 11.8 Å². The summed E-state index contributed by atoms with van der Waals surface area (Å²) in [5.74, 6) is 1.72. The quantitative estimate of drug-likeness (QED) is 0.211. The smallest absolute Gasteiger partial charge is 0.0264 e. The summed E-state index contributed by atoms with van der Waals surface area (Å²) in [4.78, 5) is 0. The first-order valence-corrected chi connectivity index (χ1v) is 12.8. The standard InChI is InChI=1S/C16H31P.C5H12.C4H10/c1-7-11-16(8-2)12-9-10-13-17(14(3)4)15(5)6;1-4-5(2)3;1-4(2)3/h7,11-12,14-15H,8-10,13H2,1-6H3;5H,4H2,1-3H3;4H,1-3H3/b11-7-,16-12-;;. The van der Waals surface area contributed by atoms with E-state index in [4.69, 9.17) is 0 Å². The fourth-order valence-electron chi connectivity index (χ4n) is 2.22. The number of hydrogen-bond donors (Lipinski definition) is 0. The minimum Gasteiger partial charge on any atom is -0.101 e. The third-order valence-corrected chi connectivity index (χ3v) is 7.44. The number of rotatable bonds is 9. The molecule has 0 heterocycles. The Balaban J connectivity index is -0.000000484. The Morgan fingerprint density at radius 3 is 1.54 bits per heavy atom. The van der Waals surface area contributed by atoms with Crippen molar-refractivity contribution in [2.45, 2.75) is 120 Å².